The van der Waals surface area contributed by atoms with E-state index < -0.39 is 5.54 Å². The third-order valence-corrected chi connectivity index (χ3v) is 7.28. The van der Waals surface area contributed by atoms with Crippen molar-refractivity contribution in [3.63, 3.8) is 0 Å². The summed E-state index contributed by atoms with van der Waals surface area (Å²) >= 11 is 0. The molecule has 2 heterocycles. The van der Waals surface area contributed by atoms with E-state index in [4.69, 9.17) is 19.3 Å². The average Bonchev–Trinajstić information content (AvgIpc) is 3.32. The Kier molecular flexibility index (Phi) is 8.18. The second kappa shape index (κ2) is 11.3. The molecule has 0 bridgehead atoms. The van der Waals surface area contributed by atoms with Crippen LogP contribution in [0.15, 0.2) is 24.3 Å². The van der Waals surface area contributed by atoms with Crippen molar-refractivity contribution in [2.45, 2.75) is 70.5 Å². The molecule has 1 aromatic carbocycles. The highest BCUT2D eigenvalue weighted by atomic mass is 16.5. The molecule has 0 radical (unpaired) electrons. The Morgan fingerprint density at radius 2 is 1.89 bits per heavy atom. The van der Waals surface area contributed by atoms with Crippen molar-refractivity contribution < 1.29 is 23.8 Å². The molecule has 2 amide bonds. The van der Waals surface area contributed by atoms with Gasteiger partial charge in [0.15, 0.2) is 11.5 Å². The standard InChI is InChI=1S/C27H38N4O5/c1-5-36-15-9-14-30-25(32)22-17-21(19-12-13-23(34-3)24(16-19)35-4)29-31(22)18-27(30,2)26(33)28-20-10-7-6-8-11-20/h12-13,16-17,20H,5-11,14-15,18H2,1-4H3,(H,28,33)/t27-/m0/s1. The van der Waals surface area contributed by atoms with E-state index in [-0.39, 0.29) is 24.4 Å². The maximum absolute atomic E-state index is 13.8. The van der Waals surface area contributed by atoms with Gasteiger partial charge in [-0.2, -0.15) is 5.10 Å². The van der Waals surface area contributed by atoms with E-state index in [2.05, 4.69) is 5.32 Å². The average molecular weight is 499 g/mol. The lowest BCUT2D eigenvalue weighted by Crippen LogP contribution is -2.65. The number of amides is 2. The van der Waals surface area contributed by atoms with Gasteiger partial charge in [-0.05, 0) is 57.4 Å². The molecule has 1 aliphatic heterocycles. The minimum atomic E-state index is -1.05. The summed E-state index contributed by atoms with van der Waals surface area (Å²) in [4.78, 5) is 29.1. The van der Waals surface area contributed by atoms with Crippen molar-refractivity contribution in [2.75, 3.05) is 34.0 Å². The van der Waals surface area contributed by atoms with E-state index >= 15 is 0 Å². The number of fused-ring (bicyclic) bond motifs is 1. The molecule has 1 atom stereocenters. The van der Waals surface area contributed by atoms with Crippen molar-refractivity contribution in [3.05, 3.63) is 30.0 Å². The summed E-state index contributed by atoms with van der Waals surface area (Å²) in [5, 5.41) is 7.98. The van der Waals surface area contributed by atoms with Gasteiger partial charge in [-0.25, -0.2) is 0 Å². The Bertz CT molecular complexity index is 1080. The summed E-state index contributed by atoms with van der Waals surface area (Å²) in [6.45, 7) is 5.68. The molecule has 1 aliphatic carbocycles. The molecule has 0 unspecified atom stereocenters. The first-order chi connectivity index (χ1) is 17.4. The molecular weight excluding hydrogens is 460 g/mol. The number of rotatable bonds is 10. The zero-order chi connectivity index (χ0) is 25.7. The number of hydrogen-bond donors (Lipinski definition) is 1. The van der Waals surface area contributed by atoms with Gasteiger partial charge < -0.3 is 24.4 Å². The van der Waals surface area contributed by atoms with Crippen LogP contribution in [0.3, 0.4) is 0 Å². The molecule has 1 fully saturated rings. The van der Waals surface area contributed by atoms with E-state index in [1.54, 1.807) is 29.9 Å². The largest absolute Gasteiger partial charge is 0.493 e. The number of nitrogens with one attached hydrogen (secondary N) is 1. The van der Waals surface area contributed by atoms with E-state index in [0.717, 1.165) is 31.2 Å². The van der Waals surface area contributed by atoms with Gasteiger partial charge in [-0.1, -0.05) is 19.3 Å². The molecule has 1 aromatic heterocycles. The highest BCUT2D eigenvalue weighted by molar-refractivity contribution is 6.00. The van der Waals surface area contributed by atoms with Gasteiger partial charge in [0.25, 0.3) is 5.91 Å². The minimum Gasteiger partial charge on any atom is -0.493 e. The Balaban J connectivity index is 1.64. The lowest BCUT2D eigenvalue weighted by molar-refractivity contribution is -0.134. The highest BCUT2D eigenvalue weighted by Crippen LogP contribution is 2.34. The van der Waals surface area contributed by atoms with Gasteiger partial charge in [-0.15, -0.1) is 0 Å². The van der Waals surface area contributed by atoms with Crippen molar-refractivity contribution in [1.29, 1.82) is 0 Å². The maximum atomic E-state index is 13.8. The maximum Gasteiger partial charge on any atom is 0.273 e. The zero-order valence-corrected chi connectivity index (χ0v) is 21.8. The number of carbonyl (C=O) groups excluding carboxylic acids is 2. The SMILES string of the molecule is CCOCCCN1C(=O)c2cc(-c3ccc(OC)c(OC)c3)nn2C[C@@]1(C)C(=O)NC1CCCCC1. The van der Waals surface area contributed by atoms with E-state index in [0.29, 0.717) is 49.1 Å². The Morgan fingerprint density at radius 3 is 2.58 bits per heavy atom. The van der Waals surface area contributed by atoms with Crippen molar-refractivity contribution >= 4 is 11.8 Å². The van der Waals surface area contributed by atoms with Gasteiger partial charge >= 0.3 is 0 Å². The predicted molar refractivity (Wildman–Crippen MR) is 136 cm³/mol. The molecule has 2 aliphatic rings. The van der Waals surface area contributed by atoms with Crippen LogP contribution in [0.2, 0.25) is 0 Å². The number of benzene rings is 1. The fourth-order valence-electron chi connectivity index (χ4n) is 5.19. The Morgan fingerprint density at radius 1 is 1.14 bits per heavy atom. The van der Waals surface area contributed by atoms with Crippen LogP contribution in [-0.4, -0.2) is 72.1 Å². The van der Waals surface area contributed by atoms with E-state index in [9.17, 15) is 9.59 Å². The molecule has 1 N–H and O–H groups in total. The summed E-state index contributed by atoms with van der Waals surface area (Å²) in [6.07, 6.45) is 6.07. The molecule has 196 valence electrons. The molecule has 1 saturated carbocycles. The third kappa shape index (κ3) is 5.21. The van der Waals surface area contributed by atoms with Gasteiger partial charge in [-0.3, -0.25) is 14.3 Å². The topological polar surface area (TPSA) is 94.9 Å². The van der Waals surface area contributed by atoms with Crippen LogP contribution in [0.1, 0.15) is 62.9 Å². The number of aromatic nitrogens is 2. The number of hydrogen-bond acceptors (Lipinski definition) is 6. The first kappa shape index (κ1) is 26.0. The summed E-state index contributed by atoms with van der Waals surface area (Å²) < 4.78 is 18.0. The molecular formula is C27H38N4O5. The van der Waals surface area contributed by atoms with E-state index in [1.165, 1.54) is 6.42 Å². The number of methoxy groups -OCH3 is 2. The molecule has 9 heteroatoms. The van der Waals surface area contributed by atoms with Crippen molar-refractivity contribution in [2.24, 2.45) is 0 Å². The van der Waals surface area contributed by atoms with Crippen LogP contribution in [0.25, 0.3) is 11.3 Å². The molecule has 0 saturated heterocycles. The van der Waals surface area contributed by atoms with Crippen LogP contribution in [0.5, 0.6) is 11.5 Å². The lowest BCUT2D eigenvalue weighted by Gasteiger charge is -2.44. The normalized spacial score (nSPS) is 20.2. The van der Waals surface area contributed by atoms with Gasteiger partial charge in [0.05, 0.1) is 26.5 Å². The van der Waals surface area contributed by atoms with Crippen molar-refractivity contribution in [3.8, 4) is 22.8 Å². The van der Waals surface area contributed by atoms with Gasteiger partial charge in [0.1, 0.15) is 11.2 Å². The van der Waals surface area contributed by atoms with Crippen LogP contribution < -0.4 is 14.8 Å². The van der Waals surface area contributed by atoms with Crippen LogP contribution in [0.4, 0.5) is 0 Å². The molecule has 36 heavy (non-hydrogen) atoms. The zero-order valence-electron chi connectivity index (χ0n) is 21.8. The molecule has 9 nitrogen and oxygen atoms in total. The van der Waals surface area contributed by atoms with Gasteiger partial charge in [0.2, 0.25) is 5.91 Å². The first-order valence-electron chi connectivity index (χ1n) is 12.9. The summed E-state index contributed by atoms with van der Waals surface area (Å²) in [5.41, 5.74) is 0.873. The number of nitrogens with zero attached hydrogens (tertiary/aromatic N) is 3. The quantitative estimate of drug-likeness (QED) is 0.503. The molecule has 4 rings (SSSR count). The summed E-state index contributed by atoms with van der Waals surface area (Å²) in [6, 6.07) is 7.49. The monoisotopic (exact) mass is 498 g/mol. The van der Waals surface area contributed by atoms with Crippen LogP contribution in [0, 0.1) is 0 Å². The van der Waals surface area contributed by atoms with E-state index in [1.807, 2.05) is 32.0 Å². The first-order valence-corrected chi connectivity index (χ1v) is 12.9. The lowest BCUT2D eigenvalue weighted by atomic mass is 9.91. The van der Waals surface area contributed by atoms with Gasteiger partial charge in [0, 0.05) is 31.4 Å². The second-order valence-corrected chi connectivity index (χ2v) is 9.73. The highest BCUT2D eigenvalue weighted by Gasteiger charge is 2.48. The Labute approximate surface area is 213 Å². The number of carbonyl (C=O) groups is 2. The number of ether oxygens (including phenoxy) is 3. The fraction of sp³-hybridized carbons (Fsp3) is 0.593. The predicted octanol–water partition coefficient (Wildman–Crippen LogP) is 3.66. The molecule has 2 aromatic rings. The summed E-state index contributed by atoms with van der Waals surface area (Å²) in [7, 11) is 3.17. The fourth-order valence-corrected chi connectivity index (χ4v) is 5.19. The summed E-state index contributed by atoms with van der Waals surface area (Å²) in [5.74, 6) is 0.890. The Hall–Kier alpha value is -3.07. The van der Waals surface area contributed by atoms with Crippen LogP contribution in [-0.2, 0) is 16.1 Å². The third-order valence-electron chi connectivity index (χ3n) is 7.28. The van der Waals surface area contributed by atoms with Crippen molar-refractivity contribution in [1.82, 2.24) is 20.0 Å². The second-order valence-electron chi connectivity index (χ2n) is 9.73. The molecule has 0 spiro atoms. The minimum absolute atomic E-state index is 0.118. The smallest absolute Gasteiger partial charge is 0.273 e. The van der Waals surface area contributed by atoms with Crippen LogP contribution >= 0.6 is 0 Å².